The lowest BCUT2D eigenvalue weighted by Crippen LogP contribution is -2.50. The maximum atomic E-state index is 14.3. The van der Waals surface area contributed by atoms with E-state index in [1.54, 1.807) is 22.9 Å². The van der Waals surface area contributed by atoms with Gasteiger partial charge in [0.25, 0.3) is 0 Å². The van der Waals surface area contributed by atoms with Crippen molar-refractivity contribution in [3.8, 4) is 11.5 Å². The molecule has 0 saturated heterocycles. The quantitative estimate of drug-likeness (QED) is 0.354. The number of nitrogens with zero attached hydrogens (tertiary/aromatic N) is 4. The van der Waals surface area contributed by atoms with Crippen LogP contribution in [-0.4, -0.2) is 46.6 Å². The Bertz CT molecular complexity index is 1480. The number of nitrogens with one attached hydrogen (secondary N) is 1. The minimum atomic E-state index is -1.07. The van der Waals surface area contributed by atoms with Gasteiger partial charge in [-0.3, -0.25) is 14.5 Å². The van der Waals surface area contributed by atoms with E-state index in [0.717, 1.165) is 16.6 Å². The molecule has 1 heterocycles. The minimum Gasteiger partial charge on any atom is -0.493 e. The molecule has 0 spiro atoms. The van der Waals surface area contributed by atoms with Gasteiger partial charge in [-0.25, -0.2) is 4.68 Å². The van der Waals surface area contributed by atoms with Crippen LogP contribution in [0.25, 0.3) is 11.0 Å². The number of benzene rings is 3. The van der Waals surface area contributed by atoms with Crippen LogP contribution in [0.2, 0.25) is 0 Å². The van der Waals surface area contributed by atoms with Gasteiger partial charge in [0.05, 0.1) is 19.7 Å². The van der Waals surface area contributed by atoms with Gasteiger partial charge < -0.3 is 14.8 Å². The highest BCUT2D eigenvalue weighted by atomic mass is 16.5. The Hall–Kier alpha value is -4.40. The van der Waals surface area contributed by atoms with Crippen LogP contribution < -0.4 is 19.7 Å². The number of ether oxygens (including phenoxy) is 2. The molecule has 9 heteroatoms. The van der Waals surface area contributed by atoms with Crippen LogP contribution in [0.1, 0.15) is 43.5 Å². The first-order chi connectivity index (χ1) is 18.5. The van der Waals surface area contributed by atoms with Crippen molar-refractivity contribution in [1.82, 2.24) is 20.3 Å². The normalized spacial score (nSPS) is 12.2. The number of hydrogen-bond acceptors (Lipinski definition) is 6. The number of aryl methyl sites for hydroxylation is 2. The zero-order valence-electron chi connectivity index (χ0n) is 23.5. The topological polar surface area (TPSA) is 98.6 Å². The van der Waals surface area contributed by atoms with Crippen molar-refractivity contribution in [2.45, 2.75) is 52.7 Å². The Labute approximate surface area is 228 Å². The molecule has 4 aromatic rings. The molecule has 9 nitrogen and oxygen atoms in total. The van der Waals surface area contributed by atoms with E-state index in [4.69, 9.17) is 9.47 Å². The molecule has 2 amide bonds. The number of para-hydroxylation sites is 2. The van der Waals surface area contributed by atoms with Gasteiger partial charge in [-0.05, 0) is 76.1 Å². The minimum absolute atomic E-state index is 0.126. The summed E-state index contributed by atoms with van der Waals surface area (Å²) in [6.45, 7) is 9.49. The number of carbonyl (C=O) groups is 2. The van der Waals surface area contributed by atoms with Gasteiger partial charge in [0.15, 0.2) is 11.5 Å². The van der Waals surface area contributed by atoms with Crippen molar-refractivity contribution in [3.63, 3.8) is 0 Å². The van der Waals surface area contributed by atoms with Gasteiger partial charge in [-0.1, -0.05) is 35.5 Å². The Morgan fingerprint density at radius 1 is 0.974 bits per heavy atom. The third-order valence-electron chi connectivity index (χ3n) is 6.19. The molecule has 39 heavy (non-hydrogen) atoms. The average Bonchev–Trinajstić information content (AvgIpc) is 3.27. The second-order valence-corrected chi connectivity index (χ2v) is 10.6. The molecule has 0 unspecified atom stereocenters. The summed E-state index contributed by atoms with van der Waals surface area (Å²) in [5, 5.41) is 11.5. The second kappa shape index (κ2) is 11.1. The second-order valence-electron chi connectivity index (χ2n) is 10.6. The number of aromatic nitrogens is 3. The van der Waals surface area contributed by atoms with Crippen molar-refractivity contribution in [1.29, 1.82) is 0 Å². The maximum Gasteiger partial charge on any atom is 0.249 e. The van der Waals surface area contributed by atoms with Crippen LogP contribution in [0.5, 0.6) is 11.5 Å². The van der Waals surface area contributed by atoms with E-state index in [-0.39, 0.29) is 18.4 Å². The molecule has 0 radical (unpaired) electrons. The zero-order valence-corrected chi connectivity index (χ0v) is 23.5. The van der Waals surface area contributed by atoms with Crippen LogP contribution in [0.4, 0.5) is 5.69 Å². The SMILES string of the molecule is COc1cccc([C@H](C(=O)NC(C)(C)C)N(C(=O)Cn2nnc3ccccc32)c2cc(C)cc(C)c2)c1OC. The number of hydrogen-bond donors (Lipinski definition) is 1. The lowest BCUT2D eigenvalue weighted by atomic mass is 9.98. The number of fused-ring (bicyclic) bond motifs is 1. The van der Waals surface area contributed by atoms with Crippen LogP contribution in [0.15, 0.2) is 60.7 Å². The Morgan fingerprint density at radius 3 is 2.31 bits per heavy atom. The highest BCUT2D eigenvalue weighted by molar-refractivity contribution is 6.02. The van der Waals surface area contributed by atoms with Crippen LogP contribution >= 0.6 is 0 Å². The number of carbonyl (C=O) groups excluding carboxylic acids is 2. The smallest absolute Gasteiger partial charge is 0.249 e. The molecule has 1 atom stereocenters. The van der Waals surface area contributed by atoms with E-state index < -0.39 is 11.6 Å². The van der Waals surface area contributed by atoms with Crippen molar-refractivity contribution < 1.29 is 19.1 Å². The molecule has 0 saturated carbocycles. The van der Waals surface area contributed by atoms with E-state index >= 15 is 0 Å². The number of rotatable bonds is 8. The number of anilines is 1. The zero-order chi connectivity index (χ0) is 28.3. The fourth-order valence-electron chi connectivity index (χ4n) is 4.73. The third kappa shape index (κ3) is 6.03. The molecule has 4 rings (SSSR count). The summed E-state index contributed by atoms with van der Waals surface area (Å²) in [6, 6.07) is 17.5. The van der Waals surface area contributed by atoms with Gasteiger partial charge >= 0.3 is 0 Å². The van der Waals surface area contributed by atoms with E-state index in [9.17, 15) is 9.59 Å². The molecule has 1 aromatic heterocycles. The lowest BCUT2D eigenvalue weighted by molar-refractivity contribution is -0.128. The first kappa shape index (κ1) is 27.6. The molecule has 0 aliphatic rings. The first-order valence-electron chi connectivity index (χ1n) is 12.7. The van der Waals surface area contributed by atoms with Crippen LogP contribution in [0, 0.1) is 13.8 Å². The predicted molar refractivity (Wildman–Crippen MR) is 151 cm³/mol. The summed E-state index contributed by atoms with van der Waals surface area (Å²) < 4.78 is 12.8. The Balaban J connectivity index is 1.93. The number of methoxy groups -OCH3 is 2. The summed E-state index contributed by atoms with van der Waals surface area (Å²) in [7, 11) is 3.05. The summed E-state index contributed by atoms with van der Waals surface area (Å²) in [5.41, 5.74) is 3.85. The van der Waals surface area contributed by atoms with E-state index in [1.807, 2.05) is 77.1 Å². The maximum absolute atomic E-state index is 14.3. The molecule has 0 aliphatic carbocycles. The van der Waals surface area contributed by atoms with Crippen LogP contribution in [-0.2, 0) is 16.1 Å². The number of amides is 2. The van der Waals surface area contributed by atoms with Gasteiger partial charge in [0.1, 0.15) is 18.1 Å². The highest BCUT2D eigenvalue weighted by Crippen LogP contribution is 2.39. The van der Waals surface area contributed by atoms with Crippen molar-refractivity contribution in [3.05, 3.63) is 77.4 Å². The summed E-state index contributed by atoms with van der Waals surface area (Å²) in [4.78, 5) is 29.9. The fourth-order valence-corrected chi connectivity index (χ4v) is 4.73. The van der Waals surface area contributed by atoms with Gasteiger partial charge in [0, 0.05) is 16.8 Å². The molecule has 0 aliphatic heterocycles. The predicted octanol–water partition coefficient (Wildman–Crippen LogP) is 4.75. The van der Waals surface area contributed by atoms with Crippen molar-refractivity contribution >= 4 is 28.5 Å². The largest absolute Gasteiger partial charge is 0.493 e. The van der Waals surface area contributed by atoms with E-state index in [0.29, 0.717) is 28.3 Å². The first-order valence-corrected chi connectivity index (χ1v) is 12.7. The van der Waals surface area contributed by atoms with E-state index in [1.165, 1.54) is 19.1 Å². The fraction of sp³-hybridized carbons (Fsp3) is 0.333. The van der Waals surface area contributed by atoms with E-state index in [2.05, 4.69) is 15.6 Å². The third-order valence-corrected chi connectivity index (χ3v) is 6.19. The molecule has 1 N–H and O–H groups in total. The van der Waals surface area contributed by atoms with Crippen molar-refractivity contribution in [2.75, 3.05) is 19.1 Å². The highest BCUT2D eigenvalue weighted by Gasteiger charge is 2.37. The summed E-state index contributed by atoms with van der Waals surface area (Å²) >= 11 is 0. The van der Waals surface area contributed by atoms with Gasteiger partial charge in [-0.15, -0.1) is 5.10 Å². The van der Waals surface area contributed by atoms with Gasteiger partial charge in [0.2, 0.25) is 11.8 Å². The monoisotopic (exact) mass is 529 g/mol. The van der Waals surface area contributed by atoms with Crippen molar-refractivity contribution in [2.24, 2.45) is 0 Å². The molecule has 0 fully saturated rings. The van der Waals surface area contributed by atoms with Gasteiger partial charge in [-0.2, -0.15) is 0 Å². The Morgan fingerprint density at radius 2 is 1.67 bits per heavy atom. The standard InChI is InChI=1S/C30H35N5O4/c1-19-15-20(2)17-21(16-19)35(26(36)18-34-24-13-9-8-12-23(24)32-33-34)27(29(37)31-30(3,4)5)22-11-10-14-25(38-6)28(22)39-7/h8-17,27H,18H2,1-7H3,(H,31,37)/t27-/m1/s1. The molecule has 204 valence electrons. The summed E-state index contributed by atoms with van der Waals surface area (Å²) in [6.07, 6.45) is 0. The molecule has 0 bridgehead atoms. The molecule has 3 aromatic carbocycles. The molecular weight excluding hydrogens is 494 g/mol. The average molecular weight is 530 g/mol. The summed E-state index contributed by atoms with van der Waals surface area (Å²) in [5.74, 6) is 0.140. The molecular formula is C30H35N5O4. The van der Waals surface area contributed by atoms with Crippen LogP contribution in [0.3, 0.4) is 0 Å². The Kier molecular flexibility index (Phi) is 7.90. The lowest BCUT2D eigenvalue weighted by Gasteiger charge is -2.35.